The van der Waals surface area contributed by atoms with Crippen molar-refractivity contribution in [3.8, 4) is 0 Å². The Kier molecular flexibility index (Phi) is 7.02. The van der Waals surface area contributed by atoms with Crippen molar-refractivity contribution in [2.24, 2.45) is 4.76 Å². The van der Waals surface area contributed by atoms with Crippen LogP contribution in [0.5, 0.6) is 0 Å². The molecule has 7 heteroatoms. The van der Waals surface area contributed by atoms with Gasteiger partial charge in [-0.15, -0.1) is 12.4 Å². The molecule has 2 atom stereocenters. The highest BCUT2D eigenvalue weighted by Crippen LogP contribution is 2.54. The van der Waals surface area contributed by atoms with Crippen molar-refractivity contribution in [3.63, 3.8) is 0 Å². The van der Waals surface area contributed by atoms with Crippen LogP contribution >= 0.6 is 29.9 Å². The van der Waals surface area contributed by atoms with Crippen LogP contribution in [0.1, 0.15) is 6.42 Å². The smallest absolute Gasteiger partial charge is 0.118 e. The summed E-state index contributed by atoms with van der Waals surface area (Å²) in [5, 5.41) is 0. The molecule has 0 radical (unpaired) electrons. The largest absolute Gasteiger partial charge is 0.286 e. The van der Waals surface area contributed by atoms with Crippen LogP contribution < -0.4 is 0 Å². The third kappa shape index (κ3) is 3.00. The molecular formula is C10H25ClN4P2. The fraction of sp³-hybridized carbons (Fsp3) is 0.900. The van der Waals surface area contributed by atoms with Crippen molar-refractivity contribution in [1.82, 2.24) is 14.5 Å². The van der Waals surface area contributed by atoms with Gasteiger partial charge in [-0.05, 0) is 64.3 Å². The molecule has 0 spiro atoms. The van der Waals surface area contributed by atoms with Crippen LogP contribution in [0.15, 0.2) is 4.76 Å². The lowest BCUT2D eigenvalue weighted by molar-refractivity contribution is 0.0737. The molecule has 17 heavy (non-hydrogen) atoms. The first-order chi connectivity index (χ1) is 7.37. The molecule has 0 saturated carbocycles. The van der Waals surface area contributed by atoms with Crippen molar-refractivity contribution >= 4 is 35.3 Å². The van der Waals surface area contributed by atoms with Gasteiger partial charge in [-0.25, -0.2) is 0 Å². The van der Waals surface area contributed by atoms with Gasteiger partial charge in [0.25, 0.3) is 0 Å². The molecule has 1 aliphatic heterocycles. The maximum absolute atomic E-state index is 4.52. The van der Waals surface area contributed by atoms with Gasteiger partial charge < -0.3 is 0 Å². The maximum atomic E-state index is 4.52. The lowest BCUT2D eigenvalue weighted by Gasteiger charge is -2.43. The van der Waals surface area contributed by atoms with Crippen molar-refractivity contribution in [3.05, 3.63) is 0 Å². The summed E-state index contributed by atoms with van der Waals surface area (Å²) in [6.45, 7) is 0. The molecule has 0 aromatic rings. The molecule has 0 aliphatic carbocycles. The Bertz CT molecular complexity index is 273. The van der Waals surface area contributed by atoms with Gasteiger partial charge in [-0.2, -0.15) is 0 Å². The van der Waals surface area contributed by atoms with Gasteiger partial charge in [0.05, 0.1) is 5.45 Å². The molecular weight excluding hydrogens is 274 g/mol. The topological polar surface area (TPSA) is 22.1 Å². The fourth-order valence-corrected chi connectivity index (χ4v) is 5.67. The zero-order chi connectivity index (χ0) is 12.5. The van der Waals surface area contributed by atoms with E-state index in [-0.39, 0.29) is 26.1 Å². The third-order valence-corrected chi connectivity index (χ3v) is 6.41. The summed E-state index contributed by atoms with van der Waals surface area (Å²) in [6.07, 6.45) is 2.38. The van der Waals surface area contributed by atoms with Crippen LogP contribution in [0, 0.1) is 0 Å². The summed E-state index contributed by atoms with van der Waals surface area (Å²) in [6, 6.07) is 0. The van der Waals surface area contributed by atoms with Gasteiger partial charge >= 0.3 is 0 Å². The van der Waals surface area contributed by atoms with Crippen LogP contribution in [-0.2, 0) is 0 Å². The number of nitrogens with zero attached hydrogens (tertiary/aromatic N) is 4. The lowest BCUT2D eigenvalue weighted by atomic mass is 10.1. The summed E-state index contributed by atoms with van der Waals surface area (Å²) >= 11 is 0. The molecule has 1 heterocycles. The van der Waals surface area contributed by atoms with Crippen molar-refractivity contribution in [2.45, 2.75) is 12.1 Å². The Hall–Kier alpha value is 0.700. The zero-order valence-corrected chi connectivity index (χ0v) is 14.5. The summed E-state index contributed by atoms with van der Waals surface area (Å²) in [7, 11) is 15.2. The van der Waals surface area contributed by atoms with Gasteiger partial charge in [-0.3, -0.25) is 19.2 Å². The van der Waals surface area contributed by atoms with Gasteiger partial charge in [0, 0.05) is 8.07 Å². The first-order valence-corrected chi connectivity index (χ1v) is 7.45. The van der Waals surface area contributed by atoms with Crippen LogP contribution in [0.25, 0.3) is 0 Å². The van der Waals surface area contributed by atoms with E-state index in [2.05, 4.69) is 70.9 Å². The Morgan fingerprint density at radius 2 is 1.59 bits per heavy atom. The number of halogens is 1. The van der Waals surface area contributed by atoms with E-state index in [0.717, 1.165) is 6.42 Å². The highest BCUT2D eigenvalue weighted by molar-refractivity contribution is 7.74. The second kappa shape index (κ2) is 6.75. The van der Waals surface area contributed by atoms with Gasteiger partial charge in [0.2, 0.25) is 0 Å². The number of rotatable bonds is 3. The summed E-state index contributed by atoms with van der Waals surface area (Å²) < 4.78 is 6.85. The molecule has 0 N–H and O–H groups in total. The van der Waals surface area contributed by atoms with Crippen molar-refractivity contribution in [1.29, 1.82) is 0 Å². The minimum Gasteiger partial charge on any atom is -0.286 e. The lowest BCUT2D eigenvalue weighted by Crippen LogP contribution is -2.58. The molecule has 4 nitrogen and oxygen atoms in total. The molecule has 2 unspecified atom stereocenters. The highest BCUT2D eigenvalue weighted by Gasteiger charge is 2.49. The van der Waals surface area contributed by atoms with E-state index < -0.39 is 0 Å². The minimum absolute atomic E-state index is 0. The van der Waals surface area contributed by atoms with Gasteiger partial charge in [0.15, 0.2) is 0 Å². The van der Waals surface area contributed by atoms with E-state index in [1.807, 2.05) is 0 Å². The highest BCUT2D eigenvalue weighted by atomic mass is 35.5. The third-order valence-electron chi connectivity index (χ3n) is 3.36. The number of hydrogen-bond acceptors (Lipinski definition) is 4. The Balaban J connectivity index is 0.00000256. The average molecular weight is 299 g/mol. The van der Waals surface area contributed by atoms with Crippen LogP contribution in [0.2, 0.25) is 0 Å². The standard InChI is InChI=1S/C10H24N4P2.ClH/c1-12(2)10(13(3)4)7-8-16(14(5)6)9(10)11-15;/h7-8,15H2,1-6H3;1H. The molecule has 102 valence electrons. The van der Waals surface area contributed by atoms with E-state index in [1.165, 1.54) is 11.6 Å². The monoisotopic (exact) mass is 298 g/mol. The Labute approximate surface area is 115 Å². The Morgan fingerprint density at radius 3 is 1.88 bits per heavy atom. The zero-order valence-electron chi connectivity index (χ0n) is 11.6. The Morgan fingerprint density at radius 1 is 1.12 bits per heavy atom. The first kappa shape index (κ1) is 17.7. The molecule has 0 amide bonds. The molecule has 1 rings (SSSR count). The SMILES string of the molecule is CN(C)P1CCC(N(C)C)(N(C)C)C1=NP.Cl. The second-order valence-electron chi connectivity index (χ2n) is 4.78. The summed E-state index contributed by atoms with van der Waals surface area (Å²) in [5.74, 6) is 0. The molecule has 1 aliphatic rings. The molecule has 1 fully saturated rings. The summed E-state index contributed by atoms with van der Waals surface area (Å²) in [4.78, 5) is 4.59. The predicted molar refractivity (Wildman–Crippen MR) is 84.6 cm³/mol. The first-order valence-electron chi connectivity index (χ1n) is 5.46. The van der Waals surface area contributed by atoms with E-state index in [9.17, 15) is 0 Å². The predicted octanol–water partition coefficient (Wildman–Crippen LogP) is 1.78. The molecule has 0 aromatic heterocycles. The van der Waals surface area contributed by atoms with Crippen molar-refractivity contribution in [2.75, 3.05) is 48.4 Å². The van der Waals surface area contributed by atoms with Crippen molar-refractivity contribution < 1.29 is 0 Å². The van der Waals surface area contributed by atoms with Crippen LogP contribution in [0.3, 0.4) is 0 Å². The van der Waals surface area contributed by atoms with Gasteiger partial charge in [-0.1, -0.05) is 0 Å². The fourth-order valence-electron chi connectivity index (χ4n) is 2.49. The second-order valence-corrected chi connectivity index (χ2v) is 7.51. The van der Waals surface area contributed by atoms with E-state index >= 15 is 0 Å². The normalized spacial score (nSPS) is 26.0. The van der Waals surface area contributed by atoms with E-state index in [1.54, 1.807) is 0 Å². The molecule has 0 aromatic carbocycles. The van der Waals surface area contributed by atoms with Crippen LogP contribution in [-0.4, -0.2) is 74.0 Å². The van der Waals surface area contributed by atoms with E-state index in [4.69, 9.17) is 0 Å². The van der Waals surface area contributed by atoms with Gasteiger partial charge in [0.1, 0.15) is 5.66 Å². The minimum atomic E-state index is -0.241. The maximum Gasteiger partial charge on any atom is 0.118 e. The number of hydrogen-bond donors (Lipinski definition) is 0. The van der Waals surface area contributed by atoms with E-state index in [0.29, 0.717) is 0 Å². The quantitative estimate of drug-likeness (QED) is 0.586. The average Bonchev–Trinajstić information content (AvgIpc) is 2.56. The summed E-state index contributed by atoms with van der Waals surface area (Å²) in [5.41, 5.74) is 1.31. The van der Waals surface area contributed by atoms with Crippen LogP contribution in [0.4, 0.5) is 0 Å². The molecule has 0 bridgehead atoms. The molecule has 1 saturated heterocycles.